The molecule has 0 atom stereocenters. The van der Waals surface area contributed by atoms with Crippen molar-refractivity contribution in [3.05, 3.63) is 40.5 Å². The molecule has 0 aliphatic heterocycles. The van der Waals surface area contributed by atoms with E-state index >= 15 is 0 Å². The molecule has 6 heteroatoms. The third kappa shape index (κ3) is 2.48. The summed E-state index contributed by atoms with van der Waals surface area (Å²) in [6.45, 7) is 3.94. The van der Waals surface area contributed by atoms with Crippen LogP contribution in [-0.4, -0.2) is 9.97 Å². The Labute approximate surface area is 125 Å². The quantitative estimate of drug-likeness (QED) is 0.572. The zero-order chi connectivity index (χ0) is 15.0. The van der Waals surface area contributed by atoms with E-state index in [1.807, 2.05) is 6.92 Å². The fourth-order valence-corrected chi connectivity index (χ4v) is 3.22. The zero-order valence-electron chi connectivity index (χ0n) is 11.8. The highest BCUT2D eigenvalue weighted by Crippen LogP contribution is 2.32. The van der Waals surface area contributed by atoms with Crippen LogP contribution in [0.3, 0.4) is 0 Å². The van der Waals surface area contributed by atoms with Crippen LogP contribution in [-0.2, 0) is 6.42 Å². The lowest BCUT2D eigenvalue weighted by atomic mass is 10.1. The van der Waals surface area contributed by atoms with Crippen LogP contribution in [0.15, 0.2) is 24.3 Å². The number of hydrogen-bond donors (Lipinski definition) is 2. The van der Waals surface area contributed by atoms with Crippen molar-refractivity contribution in [1.29, 1.82) is 0 Å². The van der Waals surface area contributed by atoms with Gasteiger partial charge in [0, 0.05) is 10.4 Å². The fourth-order valence-electron chi connectivity index (χ4n) is 2.25. The molecule has 0 aliphatic rings. The Bertz CT molecular complexity index is 813. The summed E-state index contributed by atoms with van der Waals surface area (Å²) in [5.41, 5.74) is 4.23. The summed E-state index contributed by atoms with van der Waals surface area (Å²) in [6.07, 6.45) is 0.940. The number of aromatic nitrogens is 2. The van der Waals surface area contributed by atoms with E-state index < -0.39 is 0 Å². The number of fused-ring (bicyclic) bond motifs is 1. The minimum absolute atomic E-state index is 0.265. The number of nitrogens with zero attached hydrogens (tertiary/aromatic N) is 2. The van der Waals surface area contributed by atoms with Gasteiger partial charge in [0.2, 0.25) is 0 Å². The van der Waals surface area contributed by atoms with Gasteiger partial charge in [0.25, 0.3) is 0 Å². The van der Waals surface area contributed by atoms with Gasteiger partial charge in [-0.15, -0.1) is 11.3 Å². The Kier molecular flexibility index (Phi) is 3.57. The van der Waals surface area contributed by atoms with Gasteiger partial charge < -0.3 is 5.43 Å². The lowest BCUT2D eigenvalue weighted by Gasteiger charge is -2.07. The number of nitrogen functional groups attached to an aromatic ring is 1. The Morgan fingerprint density at radius 2 is 2.10 bits per heavy atom. The number of anilines is 1. The van der Waals surface area contributed by atoms with Crippen molar-refractivity contribution in [3.63, 3.8) is 0 Å². The van der Waals surface area contributed by atoms with E-state index in [1.54, 1.807) is 17.4 Å². The summed E-state index contributed by atoms with van der Waals surface area (Å²) in [5, 5.41) is 0.919. The number of hydrazine groups is 1. The molecule has 0 unspecified atom stereocenters. The van der Waals surface area contributed by atoms with Crippen molar-refractivity contribution in [2.75, 3.05) is 5.43 Å². The summed E-state index contributed by atoms with van der Waals surface area (Å²) in [6, 6.07) is 6.64. The van der Waals surface area contributed by atoms with Gasteiger partial charge in [-0.2, -0.15) is 0 Å². The molecule has 0 radical (unpaired) electrons. The topological polar surface area (TPSA) is 63.8 Å². The largest absolute Gasteiger partial charge is 0.308 e. The van der Waals surface area contributed by atoms with Gasteiger partial charge >= 0.3 is 0 Å². The lowest BCUT2D eigenvalue weighted by molar-refractivity contribution is 0.627. The van der Waals surface area contributed by atoms with Gasteiger partial charge in [-0.1, -0.05) is 6.92 Å². The van der Waals surface area contributed by atoms with E-state index in [0.29, 0.717) is 11.6 Å². The number of hydrogen-bond acceptors (Lipinski definition) is 5. The van der Waals surface area contributed by atoms with E-state index in [9.17, 15) is 4.39 Å². The Morgan fingerprint density at radius 3 is 2.76 bits per heavy atom. The van der Waals surface area contributed by atoms with E-state index in [0.717, 1.165) is 27.8 Å². The molecule has 3 rings (SSSR count). The van der Waals surface area contributed by atoms with Gasteiger partial charge in [0.15, 0.2) is 11.6 Å². The number of nitrogens with one attached hydrogen (secondary N) is 1. The maximum Gasteiger partial charge on any atom is 0.163 e. The van der Waals surface area contributed by atoms with Crippen LogP contribution < -0.4 is 11.3 Å². The zero-order valence-corrected chi connectivity index (χ0v) is 12.6. The number of halogens is 1. The maximum atomic E-state index is 13.2. The Morgan fingerprint density at radius 1 is 1.29 bits per heavy atom. The Hall–Kier alpha value is -2.05. The molecule has 0 fully saturated rings. The molecule has 4 nitrogen and oxygen atoms in total. The van der Waals surface area contributed by atoms with Crippen molar-refractivity contribution in [3.8, 4) is 11.4 Å². The van der Waals surface area contributed by atoms with Crippen molar-refractivity contribution in [1.82, 2.24) is 9.97 Å². The summed E-state index contributed by atoms with van der Waals surface area (Å²) < 4.78 is 13.2. The molecule has 0 amide bonds. The van der Waals surface area contributed by atoms with Gasteiger partial charge in [-0.05, 0) is 43.2 Å². The van der Waals surface area contributed by atoms with Crippen molar-refractivity contribution in [2.45, 2.75) is 20.3 Å². The fraction of sp³-hybridized carbons (Fsp3) is 0.200. The average Bonchev–Trinajstić information content (AvgIpc) is 2.89. The predicted octanol–water partition coefficient (Wildman–Crippen LogP) is 3.65. The van der Waals surface area contributed by atoms with Gasteiger partial charge in [0.05, 0.1) is 5.39 Å². The molecule has 1 aromatic carbocycles. The molecule has 3 N–H and O–H groups in total. The van der Waals surface area contributed by atoms with E-state index in [-0.39, 0.29) is 5.82 Å². The molecule has 0 aliphatic carbocycles. The third-order valence-electron chi connectivity index (χ3n) is 3.36. The van der Waals surface area contributed by atoms with Crippen LogP contribution in [0.5, 0.6) is 0 Å². The third-order valence-corrected chi connectivity index (χ3v) is 4.53. The van der Waals surface area contributed by atoms with Crippen LogP contribution >= 0.6 is 11.3 Å². The first-order chi connectivity index (χ1) is 10.1. The number of thiophene rings is 1. The molecule has 3 aromatic rings. The normalized spacial score (nSPS) is 11.0. The molecule has 0 bridgehead atoms. The standard InChI is InChI=1S/C15H15FN4S/c1-3-10-7-12-14(20-17)18-13(19-15(12)21-10)11-5-4-9(16)6-8(11)2/h4-7H,3,17H2,1-2H3,(H,18,19,20). The van der Waals surface area contributed by atoms with Crippen molar-refractivity contribution in [2.24, 2.45) is 5.84 Å². The Balaban J connectivity index is 2.23. The molecule has 2 heterocycles. The van der Waals surface area contributed by atoms with Gasteiger partial charge in [-0.25, -0.2) is 20.2 Å². The van der Waals surface area contributed by atoms with E-state index in [1.165, 1.54) is 17.0 Å². The lowest BCUT2D eigenvalue weighted by Crippen LogP contribution is -2.10. The molecule has 0 saturated carbocycles. The highest BCUT2D eigenvalue weighted by molar-refractivity contribution is 7.18. The molecular formula is C15H15FN4S. The summed E-state index contributed by atoms with van der Waals surface area (Å²) in [4.78, 5) is 11.2. The number of aryl methyl sites for hydroxylation is 2. The summed E-state index contributed by atoms with van der Waals surface area (Å²) in [7, 11) is 0. The number of rotatable bonds is 3. The molecule has 21 heavy (non-hydrogen) atoms. The van der Waals surface area contributed by atoms with Crippen molar-refractivity contribution < 1.29 is 4.39 Å². The van der Waals surface area contributed by atoms with Crippen molar-refractivity contribution >= 4 is 27.4 Å². The van der Waals surface area contributed by atoms with Gasteiger partial charge in [-0.3, -0.25) is 0 Å². The first-order valence-electron chi connectivity index (χ1n) is 6.66. The first kappa shape index (κ1) is 13.9. The second kappa shape index (κ2) is 5.38. The monoisotopic (exact) mass is 302 g/mol. The molecule has 0 saturated heterocycles. The molecule has 2 aromatic heterocycles. The molecule has 108 valence electrons. The SMILES string of the molecule is CCc1cc2c(NN)nc(-c3ccc(F)cc3C)nc2s1. The van der Waals surface area contributed by atoms with Gasteiger partial charge in [0.1, 0.15) is 10.6 Å². The van der Waals surface area contributed by atoms with Crippen LogP contribution in [0.2, 0.25) is 0 Å². The minimum Gasteiger partial charge on any atom is -0.308 e. The number of benzene rings is 1. The highest BCUT2D eigenvalue weighted by atomic mass is 32.1. The smallest absolute Gasteiger partial charge is 0.163 e. The highest BCUT2D eigenvalue weighted by Gasteiger charge is 2.13. The minimum atomic E-state index is -0.265. The second-order valence-corrected chi connectivity index (χ2v) is 5.90. The van der Waals surface area contributed by atoms with Crippen LogP contribution in [0, 0.1) is 12.7 Å². The van der Waals surface area contributed by atoms with Crippen LogP contribution in [0.4, 0.5) is 10.2 Å². The predicted molar refractivity (Wildman–Crippen MR) is 84.7 cm³/mol. The average molecular weight is 302 g/mol. The van der Waals surface area contributed by atoms with E-state index in [2.05, 4.69) is 28.4 Å². The summed E-state index contributed by atoms with van der Waals surface area (Å²) >= 11 is 1.62. The van der Waals surface area contributed by atoms with Crippen LogP contribution in [0.25, 0.3) is 21.6 Å². The maximum absolute atomic E-state index is 13.2. The van der Waals surface area contributed by atoms with Crippen LogP contribution in [0.1, 0.15) is 17.4 Å². The first-order valence-corrected chi connectivity index (χ1v) is 7.47. The molecule has 0 spiro atoms. The summed E-state index contributed by atoms with van der Waals surface area (Å²) in [5.74, 6) is 6.46. The molecular weight excluding hydrogens is 287 g/mol. The number of nitrogens with two attached hydrogens (primary N) is 1. The second-order valence-electron chi connectivity index (χ2n) is 4.78. The van der Waals surface area contributed by atoms with E-state index in [4.69, 9.17) is 5.84 Å².